The zero-order valence-electron chi connectivity index (χ0n) is 9.90. The molecule has 0 saturated heterocycles. The van der Waals surface area contributed by atoms with Crippen LogP contribution in [0.4, 0.5) is 13.2 Å². The summed E-state index contributed by atoms with van der Waals surface area (Å²) < 4.78 is 37.7. The summed E-state index contributed by atoms with van der Waals surface area (Å²) in [6.45, 7) is 3.62. The number of rotatable bonds is 3. The van der Waals surface area contributed by atoms with Gasteiger partial charge >= 0.3 is 6.18 Å². The maximum absolute atomic E-state index is 12.6. The van der Waals surface area contributed by atoms with Crippen LogP contribution in [0, 0.1) is 11.3 Å². The van der Waals surface area contributed by atoms with Crippen molar-refractivity contribution in [3.8, 4) is 0 Å². The summed E-state index contributed by atoms with van der Waals surface area (Å²) in [6.07, 6.45) is -4.10. The first kappa shape index (κ1) is 12.7. The Morgan fingerprint density at radius 1 is 1.29 bits per heavy atom. The quantitative estimate of drug-likeness (QED) is 0.798. The van der Waals surface area contributed by atoms with Gasteiger partial charge in [-0.3, -0.25) is 4.79 Å². The topological polar surface area (TPSA) is 55.1 Å². The normalized spacial score (nSPS) is 37.1. The van der Waals surface area contributed by atoms with Gasteiger partial charge in [-0.25, -0.2) is 0 Å². The van der Waals surface area contributed by atoms with Crippen LogP contribution in [-0.4, -0.2) is 23.7 Å². The lowest BCUT2D eigenvalue weighted by atomic mass is 9.39. The Balaban J connectivity index is 1.88. The van der Waals surface area contributed by atoms with Crippen LogP contribution in [0.3, 0.4) is 0 Å². The van der Waals surface area contributed by atoms with Crippen molar-refractivity contribution in [1.82, 2.24) is 5.32 Å². The third-order valence-corrected chi connectivity index (χ3v) is 4.04. The molecule has 3 aliphatic carbocycles. The molecule has 0 aliphatic heterocycles. The van der Waals surface area contributed by atoms with E-state index in [2.05, 4.69) is 5.32 Å². The molecule has 0 heterocycles. The molecule has 0 spiro atoms. The highest BCUT2D eigenvalue weighted by molar-refractivity contribution is 5.83. The first-order valence-corrected chi connectivity index (χ1v) is 5.75. The van der Waals surface area contributed by atoms with E-state index in [1.54, 1.807) is 0 Å². The molecule has 0 aromatic heterocycles. The standard InChI is InChI=1S/C11H17F3N2O/c1-6(2)7(15)8(17)16-10-3-9(4-10,5-10)11(12,13)14/h6-7H,3-5,15H2,1-2H3,(H,16,17)/t7-,9?,10?/m0/s1. The van der Waals surface area contributed by atoms with Gasteiger partial charge in [0.25, 0.3) is 0 Å². The minimum absolute atomic E-state index is 0.0139. The van der Waals surface area contributed by atoms with Crippen LogP contribution in [0.1, 0.15) is 33.1 Å². The number of nitrogens with one attached hydrogen (secondary N) is 1. The van der Waals surface area contributed by atoms with Crippen molar-refractivity contribution >= 4 is 5.91 Å². The average molecular weight is 250 g/mol. The highest BCUT2D eigenvalue weighted by Crippen LogP contribution is 2.73. The van der Waals surface area contributed by atoms with E-state index in [0.717, 1.165) is 0 Å². The predicted octanol–water partition coefficient (Wildman–Crippen LogP) is 1.57. The molecular formula is C11H17F3N2O. The smallest absolute Gasteiger partial charge is 0.349 e. The van der Waals surface area contributed by atoms with Crippen LogP contribution in [0.5, 0.6) is 0 Å². The molecule has 1 amide bonds. The summed E-state index contributed by atoms with van der Waals surface area (Å²) in [7, 11) is 0. The molecule has 3 N–H and O–H groups in total. The molecule has 3 rings (SSSR count). The number of amides is 1. The molecular weight excluding hydrogens is 233 g/mol. The first-order valence-electron chi connectivity index (χ1n) is 5.75. The maximum atomic E-state index is 12.6. The molecule has 98 valence electrons. The van der Waals surface area contributed by atoms with Gasteiger partial charge in [0.2, 0.25) is 5.91 Å². The number of alkyl halides is 3. The van der Waals surface area contributed by atoms with Gasteiger partial charge in [-0.05, 0) is 25.2 Å². The molecule has 17 heavy (non-hydrogen) atoms. The Morgan fingerprint density at radius 2 is 1.76 bits per heavy atom. The molecule has 1 atom stereocenters. The zero-order valence-corrected chi connectivity index (χ0v) is 9.90. The van der Waals surface area contributed by atoms with Crippen LogP contribution in [0.15, 0.2) is 0 Å². The molecule has 3 saturated carbocycles. The van der Waals surface area contributed by atoms with E-state index in [9.17, 15) is 18.0 Å². The summed E-state index contributed by atoms with van der Waals surface area (Å²) in [4.78, 5) is 11.7. The van der Waals surface area contributed by atoms with Crippen molar-refractivity contribution < 1.29 is 18.0 Å². The van der Waals surface area contributed by atoms with E-state index in [0.29, 0.717) is 0 Å². The second-order valence-electron chi connectivity index (χ2n) is 5.85. The predicted molar refractivity (Wildman–Crippen MR) is 56.0 cm³/mol. The highest BCUT2D eigenvalue weighted by atomic mass is 19.4. The van der Waals surface area contributed by atoms with E-state index in [1.807, 2.05) is 13.8 Å². The number of nitrogens with two attached hydrogens (primary N) is 1. The van der Waals surface area contributed by atoms with Crippen LogP contribution < -0.4 is 11.1 Å². The molecule has 0 aromatic carbocycles. The van der Waals surface area contributed by atoms with E-state index in [1.165, 1.54) is 0 Å². The monoisotopic (exact) mass is 250 g/mol. The Labute approximate surface area is 97.9 Å². The number of hydrogen-bond acceptors (Lipinski definition) is 2. The van der Waals surface area contributed by atoms with Crippen molar-refractivity contribution in [2.75, 3.05) is 0 Å². The fourth-order valence-corrected chi connectivity index (χ4v) is 2.87. The van der Waals surface area contributed by atoms with E-state index >= 15 is 0 Å². The molecule has 2 bridgehead atoms. The largest absolute Gasteiger partial charge is 0.394 e. The van der Waals surface area contributed by atoms with E-state index in [-0.39, 0.29) is 31.1 Å². The Bertz CT molecular complexity index is 331. The van der Waals surface area contributed by atoms with Crippen molar-refractivity contribution in [2.45, 2.75) is 50.9 Å². The van der Waals surface area contributed by atoms with Gasteiger partial charge in [0.05, 0.1) is 11.5 Å². The molecule has 6 heteroatoms. The van der Waals surface area contributed by atoms with Crippen LogP contribution in [-0.2, 0) is 4.79 Å². The fraction of sp³-hybridized carbons (Fsp3) is 0.909. The lowest BCUT2D eigenvalue weighted by Crippen LogP contribution is -2.79. The molecule has 0 aromatic rings. The molecule has 3 fully saturated rings. The number of carbonyl (C=O) groups excluding carboxylic acids is 1. The minimum atomic E-state index is -4.14. The second kappa shape index (κ2) is 3.37. The van der Waals surface area contributed by atoms with Crippen molar-refractivity contribution in [3.63, 3.8) is 0 Å². The van der Waals surface area contributed by atoms with E-state index < -0.39 is 23.2 Å². The van der Waals surface area contributed by atoms with Gasteiger partial charge in [-0.2, -0.15) is 13.2 Å². The fourth-order valence-electron chi connectivity index (χ4n) is 2.87. The summed E-state index contributed by atoms with van der Waals surface area (Å²) >= 11 is 0. The average Bonchev–Trinajstić information content (AvgIpc) is 2.04. The summed E-state index contributed by atoms with van der Waals surface area (Å²) in [5.41, 5.74) is 3.50. The zero-order chi connectivity index (χ0) is 13.1. The number of hydrogen-bond donors (Lipinski definition) is 2. The lowest BCUT2D eigenvalue weighted by Gasteiger charge is -2.70. The Kier molecular flexibility index (Phi) is 2.51. The second-order valence-corrected chi connectivity index (χ2v) is 5.85. The molecule has 3 aliphatic rings. The Morgan fingerprint density at radius 3 is 2.12 bits per heavy atom. The number of carbonyl (C=O) groups is 1. The van der Waals surface area contributed by atoms with Gasteiger partial charge in [0.15, 0.2) is 0 Å². The maximum Gasteiger partial charge on any atom is 0.394 e. The van der Waals surface area contributed by atoms with Gasteiger partial charge in [-0.1, -0.05) is 13.8 Å². The summed E-state index contributed by atoms with van der Waals surface area (Å²) in [6, 6.07) is -0.647. The van der Waals surface area contributed by atoms with E-state index in [4.69, 9.17) is 5.73 Å². The summed E-state index contributed by atoms with van der Waals surface area (Å²) in [5, 5.41) is 2.67. The Hall–Kier alpha value is -0.780. The van der Waals surface area contributed by atoms with Gasteiger partial charge in [-0.15, -0.1) is 0 Å². The van der Waals surface area contributed by atoms with Gasteiger partial charge < -0.3 is 11.1 Å². The number of halogens is 3. The molecule has 0 unspecified atom stereocenters. The van der Waals surface area contributed by atoms with Crippen molar-refractivity contribution in [1.29, 1.82) is 0 Å². The first-order chi connectivity index (χ1) is 7.61. The lowest BCUT2D eigenvalue weighted by molar-refractivity contribution is -0.337. The van der Waals surface area contributed by atoms with Crippen molar-refractivity contribution in [2.24, 2.45) is 17.1 Å². The minimum Gasteiger partial charge on any atom is -0.349 e. The molecule has 0 radical (unpaired) electrons. The van der Waals surface area contributed by atoms with Crippen LogP contribution >= 0.6 is 0 Å². The molecule has 3 nitrogen and oxygen atoms in total. The van der Waals surface area contributed by atoms with Crippen LogP contribution in [0.2, 0.25) is 0 Å². The third kappa shape index (κ3) is 1.73. The van der Waals surface area contributed by atoms with Gasteiger partial charge in [0.1, 0.15) is 0 Å². The summed E-state index contributed by atoms with van der Waals surface area (Å²) in [5.74, 6) is -0.352. The third-order valence-electron chi connectivity index (χ3n) is 4.04. The van der Waals surface area contributed by atoms with Gasteiger partial charge in [0, 0.05) is 5.54 Å². The SMILES string of the molecule is CC(C)[C@H](N)C(=O)NC12CC(C(F)(F)F)(C1)C2. The van der Waals surface area contributed by atoms with Crippen molar-refractivity contribution in [3.05, 3.63) is 0 Å². The highest BCUT2D eigenvalue weighted by Gasteiger charge is 2.79. The van der Waals surface area contributed by atoms with Crippen LogP contribution in [0.25, 0.3) is 0 Å².